The lowest BCUT2D eigenvalue weighted by Gasteiger charge is -2.12. The minimum Gasteiger partial charge on any atom is -0.469 e. The van der Waals surface area contributed by atoms with Gasteiger partial charge in [0.2, 0.25) is 5.91 Å². The van der Waals surface area contributed by atoms with Crippen LogP contribution in [0.25, 0.3) is 11.4 Å². The van der Waals surface area contributed by atoms with Crippen LogP contribution in [-0.2, 0) is 18.0 Å². The number of amides is 1. The third-order valence-corrected chi connectivity index (χ3v) is 5.20. The zero-order valence-electron chi connectivity index (χ0n) is 15.2. The second kappa shape index (κ2) is 7.70. The molecule has 0 aliphatic carbocycles. The highest BCUT2D eigenvalue weighted by Gasteiger charge is 2.30. The summed E-state index contributed by atoms with van der Waals surface area (Å²) in [6.07, 6.45) is -2.85. The molecule has 0 fully saturated rings. The van der Waals surface area contributed by atoms with E-state index < -0.39 is 17.0 Å². The molecular weight excluding hydrogens is 393 g/mol. The predicted molar refractivity (Wildman–Crippen MR) is 98.8 cm³/mol. The van der Waals surface area contributed by atoms with Gasteiger partial charge in [-0.15, -0.1) is 10.2 Å². The predicted octanol–water partition coefficient (Wildman–Crippen LogP) is 4.52. The van der Waals surface area contributed by atoms with Crippen LogP contribution in [0.1, 0.15) is 18.2 Å². The Morgan fingerprint density at radius 3 is 2.46 bits per heavy atom. The smallest absolute Gasteiger partial charge is 0.416 e. The van der Waals surface area contributed by atoms with Gasteiger partial charge < -0.3 is 14.3 Å². The number of rotatable bonds is 5. The minimum atomic E-state index is -4.41. The summed E-state index contributed by atoms with van der Waals surface area (Å²) in [6, 6.07) is 6.08. The van der Waals surface area contributed by atoms with Crippen LogP contribution in [0.4, 0.5) is 18.9 Å². The topological polar surface area (TPSA) is 72.9 Å². The van der Waals surface area contributed by atoms with E-state index in [-0.39, 0.29) is 11.6 Å². The molecule has 2 heterocycles. The van der Waals surface area contributed by atoms with Crippen molar-refractivity contribution >= 4 is 23.4 Å². The Hall–Kier alpha value is -2.75. The number of carbonyl (C=O) groups excluding carboxylic acids is 1. The number of aryl methyl sites for hydroxylation is 1. The molecule has 0 bridgehead atoms. The fourth-order valence-electron chi connectivity index (χ4n) is 2.47. The van der Waals surface area contributed by atoms with Crippen molar-refractivity contribution in [2.24, 2.45) is 7.05 Å². The zero-order chi connectivity index (χ0) is 20.5. The summed E-state index contributed by atoms with van der Waals surface area (Å²) in [4.78, 5) is 12.4. The minimum absolute atomic E-state index is 0.290. The van der Waals surface area contributed by atoms with E-state index in [4.69, 9.17) is 4.42 Å². The normalized spacial score (nSPS) is 12.8. The fraction of sp³-hybridized carbons (Fsp3) is 0.278. The summed E-state index contributed by atoms with van der Waals surface area (Å²) in [7, 11) is 1.78. The first-order chi connectivity index (χ1) is 13.2. The number of anilines is 1. The zero-order valence-corrected chi connectivity index (χ0v) is 16.1. The lowest BCUT2D eigenvalue weighted by molar-refractivity contribution is -0.137. The van der Waals surface area contributed by atoms with Gasteiger partial charge in [0.1, 0.15) is 5.76 Å². The van der Waals surface area contributed by atoms with Crippen molar-refractivity contribution in [2.45, 2.75) is 30.4 Å². The Balaban J connectivity index is 1.66. The van der Waals surface area contributed by atoms with Crippen molar-refractivity contribution in [2.75, 3.05) is 5.32 Å². The van der Waals surface area contributed by atoms with Crippen LogP contribution in [0.3, 0.4) is 0 Å². The summed E-state index contributed by atoms with van der Waals surface area (Å²) >= 11 is 1.20. The van der Waals surface area contributed by atoms with E-state index in [9.17, 15) is 18.0 Å². The molecule has 0 spiro atoms. The monoisotopic (exact) mass is 410 g/mol. The molecule has 6 nitrogen and oxygen atoms in total. The number of nitrogens with one attached hydrogen (secondary N) is 1. The van der Waals surface area contributed by atoms with Crippen molar-refractivity contribution in [3.63, 3.8) is 0 Å². The number of hydrogen-bond donors (Lipinski definition) is 1. The molecule has 1 atom stereocenters. The Labute approximate surface area is 163 Å². The molecule has 0 saturated carbocycles. The van der Waals surface area contributed by atoms with Gasteiger partial charge in [-0.05, 0) is 44.2 Å². The fourth-order valence-corrected chi connectivity index (χ4v) is 3.28. The van der Waals surface area contributed by atoms with Gasteiger partial charge in [-0.2, -0.15) is 13.2 Å². The molecule has 10 heteroatoms. The Bertz CT molecular complexity index is 980. The van der Waals surface area contributed by atoms with E-state index in [2.05, 4.69) is 15.5 Å². The highest BCUT2D eigenvalue weighted by Crippen LogP contribution is 2.31. The number of furan rings is 1. The van der Waals surface area contributed by atoms with Gasteiger partial charge in [-0.3, -0.25) is 4.79 Å². The Morgan fingerprint density at radius 1 is 1.21 bits per heavy atom. The molecule has 0 aliphatic rings. The van der Waals surface area contributed by atoms with E-state index >= 15 is 0 Å². The van der Waals surface area contributed by atoms with E-state index in [1.165, 1.54) is 23.9 Å². The molecule has 2 aromatic heterocycles. The van der Waals surface area contributed by atoms with Gasteiger partial charge in [-0.1, -0.05) is 11.8 Å². The SMILES string of the molecule is Cc1occc1-c1nnc(SC(C)C(=O)Nc2ccc(C(F)(F)F)cc2)n1C. The first kappa shape index (κ1) is 20.0. The molecule has 148 valence electrons. The highest BCUT2D eigenvalue weighted by atomic mass is 32.2. The lowest BCUT2D eigenvalue weighted by Crippen LogP contribution is -2.23. The quantitative estimate of drug-likeness (QED) is 0.626. The van der Waals surface area contributed by atoms with Crippen LogP contribution < -0.4 is 5.32 Å². The van der Waals surface area contributed by atoms with Crippen molar-refractivity contribution in [1.82, 2.24) is 14.8 Å². The molecular formula is C18H17F3N4O2S. The van der Waals surface area contributed by atoms with Crippen LogP contribution in [0.5, 0.6) is 0 Å². The average Bonchev–Trinajstić information content (AvgIpc) is 3.20. The van der Waals surface area contributed by atoms with Crippen LogP contribution in [0.15, 0.2) is 46.2 Å². The van der Waals surface area contributed by atoms with Crippen LogP contribution >= 0.6 is 11.8 Å². The Kier molecular flexibility index (Phi) is 5.50. The highest BCUT2D eigenvalue weighted by molar-refractivity contribution is 8.00. The number of aromatic nitrogens is 3. The summed E-state index contributed by atoms with van der Waals surface area (Å²) in [6.45, 7) is 3.50. The molecule has 3 aromatic rings. The molecule has 1 unspecified atom stereocenters. The number of benzene rings is 1. The third kappa shape index (κ3) is 4.22. The number of carbonyl (C=O) groups is 1. The van der Waals surface area contributed by atoms with Crippen molar-refractivity contribution in [3.8, 4) is 11.4 Å². The maximum Gasteiger partial charge on any atom is 0.416 e. The van der Waals surface area contributed by atoms with Gasteiger partial charge in [0.05, 0.1) is 22.6 Å². The largest absolute Gasteiger partial charge is 0.469 e. The van der Waals surface area contributed by atoms with Gasteiger partial charge in [0.25, 0.3) is 0 Å². The first-order valence-corrected chi connectivity index (χ1v) is 9.13. The second-order valence-corrected chi connectivity index (χ2v) is 7.39. The molecule has 1 aromatic carbocycles. The molecule has 0 saturated heterocycles. The number of alkyl halides is 3. The summed E-state index contributed by atoms with van der Waals surface area (Å²) < 4.78 is 44.9. The molecule has 0 radical (unpaired) electrons. The summed E-state index contributed by atoms with van der Waals surface area (Å²) in [5.41, 5.74) is 0.330. The molecule has 0 aliphatic heterocycles. The molecule has 3 rings (SSSR count). The van der Waals surface area contributed by atoms with Gasteiger partial charge in [-0.25, -0.2) is 0 Å². The average molecular weight is 410 g/mol. The van der Waals surface area contributed by atoms with E-state index in [1.54, 1.807) is 30.9 Å². The number of hydrogen-bond acceptors (Lipinski definition) is 5. The first-order valence-electron chi connectivity index (χ1n) is 8.25. The van der Waals surface area contributed by atoms with E-state index in [1.807, 2.05) is 6.92 Å². The lowest BCUT2D eigenvalue weighted by atomic mass is 10.2. The Morgan fingerprint density at radius 2 is 1.89 bits per heavy atom. The second-order valence-electron chi connectivity index (χ2n) is 6.08. The van der Waals surface area contributed by atoms with Gasteiger partial charge in [0.15, 0.2) is 11.0 Å². The van der Waals surface area contributed by atoms with Crippen LogP contribution in [0.2, 0.25) is 0 Å². The number of thioether (sulfide) groups is 1. The van der Waals surface area contributed by atoms with E-state index in [0.717, 1.165) is 17.7 Å². The maximum atomic E-state index is 12.6. The van der Waals surface area contributed by atoms with Gasteiger partial charge in [0, 0.05) is 12.7 Å². The van der Waals surface area contributed by atoms with Crippen molar-refractivity contribution < 1.29 is 22.4 Å². The maximum absolute atomic E-state index is 12.6. The van der Waals surface area contributed by atoms with Gasteiger partial charge >= 0.3 is 6.18 Å². The number of halogens is 3. The van der Waals surface area contributed by atoms with Crippen molar-refractivity contribution in [3.05, 3.63) is 47.9 Å². The summed E-state index contributed by atoms with van der Waals surface area (Å²) in [5, 5.41) is 10.9. The summed E-state index contributed by atoms with van der Waals surface area (Å²) in [5.74, 6) is 0.970. The molecule has 28 heavy (non-hydrogen) atoms. The standard InChI is InChI=1S/C18H17F3N4O2S/c1-10-14(8-9-27-10)15-23-24-17(25(15)3)28-11(2)16(26)22-13-6-4-12(5-7-13)18(19,20)21/h4-9,11H,1-3H3,(H,22,26). The number of nitrogens with zero attached hydrogens (tertiary/aromatic N) is 3. The molecule has 1 N–H and O–H groups in total. The van der Waals surface area contributed by atoms with Crippen LogP contribution in [-0.4, -0.2) is 25.9 Å². The van der Waals surface area contributed by atoms with Crippen LogP contribution in [0, 0.1) is 6.92 Å². The van der Waals surface area contributed by atoms with Crippen molar-refractivity contribution in [1.29, 1.82) is 0 Å². The van der Waals surface area contributed by atoms with E-state index in [0.29, 0.717) is 16.7 Å². The molecule has 1 amide bonds. The third-order valence-electron chi connectivity index (χ3n) is 4.07.